The Labute approximate surface area is 110 Å². The van der Waals surface area contributed by atoms with E-state index in [1.165, 1.54) is 5.56 Å². The molecule has 4 heteroatoms. The molecule has 0 amide bonds. The molecular formula is C14H13NO2S. The molecule has 0 fully saturated rings. The number of carbonyl (C=O) groups is 1. The van der Waals surface area contributed by atoms with Crippen molar-refractivity contribution in [3.05, 3.63) is 59.7 Å². The van der Waals surface area contributed by atoms with Gasteiger partial charge in [-0.25, -0.2) is 4.79 Å². The topological polar surface area (TPSA) is 63.3 Å². The molecule has 3 nitrogen and oxygen atoms in total. The van der Waals surface area contributed by atoms with Gasteiger partial charge in [0.2, 0.25) is 0 Å². The fourth-order valence-corrected chi connectivity index (χ4v) is 2.47. The van der Waals surface area contributed by atoms with Gasteiger partial charge in [-0.3, -0.25) is 0 Å². The van der Waals surface area contributed by atoms with E-state index in [1.807, 2.05) is 18.2 Å². The monoisotopic (exact) mass is 259 g/mol. The third kappa shape index (κ3) is 3.05. The summed E-state index contributed by atoms with van der Waals surface area (Å²) in [7, 11) is 0. The van der Waals surface area contributed by atoms with Crippen molar-refractivity contribution in [3.63, 3.8) is 0 Å². The Morgan fingerprint density at radius 2 is 1.89 bits per heavy atom. The Kier molecular flexibility index (Phi) is 3.89. The molecule has 0 aromatic heterocycles. The first-order valence-electron chi connectivity index (χ1n) is 5.46. The number of anilines is 1. The van der Waals surface area contributed by atoms with Gasteiger partial charge in [0, 0.05) is 16.3 Å². The zero-order valence-corrected chi connectivity index (χ0v) is 10.5. The van der Waals surface area contributed by atoms with Gasteiger partial charge in [-0.15, -0.1) is 11.8 Å². The van der Waals surface area contributed by atoms with Crippen molar-refractivity contribution in [3.8, 4) is 0 Å². The lowest BCUT2D eigenvalue weighted by molar-refractivity contribution is 0.0698. The van der Waals surface area contributed by atoms with Crippen molar-refractivity contribution in [2.45, 2.75) is 10.6 Å². The van der Waals surface area contributed by atoms with Crippen molar-refractivity contribution in [2.75, 3.05) is 5.73 Å². The number of aromatic carboxylic acids is 1. The first-order valence-corrected chi connectivity index (χ1v) is 6.45. The molecular weight excluding hydrogens is 246 g/mol. The molecule has 0 aliphatic carbocycles. The molecule has 3 N–H and O–H groups in total. The molecule has 0 radical (unpaired) electrons. The molecule has 18 heavy (non-hydrogen) atoms. The summed E-state index contributed by atoms with van der Waals surface area (Å²) in [4.78, 5) is 11.8. The number of hydrogen-bond donors (Lipinski definition) is 2. The standard InChI is InChI=1S/C14H13NO2S/c15-13-8-11(6-7-12(13)14(16)17)18-9-10-4-2-1-3-5-10/h1-8H,9,15H2,(H,16,17). The maximum Gasteiger partial charge on any atom is 0.337 e. The van der Waals surface area contributed by atoms with Gasteiger partial charge in [0.15, 0.2) is 0 Å². The van der Waals surface area contributed by atoms with Crippen LogP contribution in [0.25, 0.3) is 0 Å². The van der Waals surface area contributed by atoms with Crippen molar-refractivity contribution >= 4 is 23.4 Å². The second kappa shape index (κ2) is 5.60. The molecule has 0 unspecified atom stereocenters. The first-order chi connectivity index (χ1) is 8.66. The summed E-state index contributed by atoms with van der Waals surface area (Å²) < 4.78 is 0. The molecule has 92 valence electrons. The molecule has 0 aliphatic heterocycles. The van der Waals surface area contributed by atoms with E-state index in [0.717, 1.165) is 10.6 Å². The van der Waals surface area contributed by atoms with Crippen LogP contribution >= 0.6 is 11.8 Å². The maximum absolute atomic E-state index is 10.8. The number of rotatable bonds is 4. The minimum absolute atomic E-state index is 0.152. The predicted octanol–water partition coefficient (Wildman–Crippen LogP) is 3.26. The number of benzene rings is 2. The number of nitrogens with two attached hydrogens (primary N) is 1. The van der Waals surface area contributed by atoms with Gasteiger partial charge in [0.1, 0.15) is 0 Å². The van der Waals surface area contributed by atoms with Crippen LogP contribution in [0.1, 0.15) is 15.9 Å². The van der Waals surface area contributed by atoms with Crippen molar-refractivity contribution in [1.82, 2.24) is 0 Å². The van der Waals surface area contributed by atoms with Crippen molar-refractivity contribution in [1.29, 1.82) is 0 Å². The van der Waals surface area contributed by atoms with Crippen LogP contribution in [0.2, 0.25) is 0 Å². The molecule has 0 bridgehead atoms. The summed E-state index contributed by atoms with van der Waals surface area (Å²) in [6, 6.07) is 15.1. The van der Waals surface area contributed by atoms with E-state index in [0.29, 0.717) is 5.69 Å². The normalized spacial score (nSPS) is 10.2. The summed E-state index contributed by atoms with van der Waals surface area (Å²) >= 11 is 1.64. The number of nitrogen functional groups attached to an aromatic ring is 1. The molecule has 0 saturated heterocycles. The van der Waals surface area contributed by atoms with Crippen LogP contribution in [0.5, 0.6) is 0 Å². The van der Waals surface area contributed by atoms with Crippen molar-refractivity contribution in [2.24, 2.45) is 0 Å². The highest BCUT2D eigenvalue weighted by atomic mass is 32.2. The van der Waals surface area contributed by atoms with E-state index in [-0.39, 0.29) is 5.56 Å². The molecule has 0 spiro atoms. The summed E-state index contributed by atoms with van der Waals surface area (Å²) in [5.41, 5.74) is 7.38. The SMILES string of the molecule is Nc1cc(SCc2ccccc2)ccc1C(=O)O. The van der Waals surface area contributed by atoms with Crippen LogP contribution < -0.4 is 5.73 Å². The Morgan fingerprint density at radius 3 is 2.50 bits per heavy atom. The fourth-order valence-electron chi connectivity index (χ4n) is 1.57. The molecule has 0 aliphatic rings. The summed E-state index contributed by atoms with van der Waals surface area (Å²) in [5, 5.41) is 8.88. The lowest BCUT2D eigenvalue weighted by atomic mass is 10.2. The molecule has 2 aromatic rings. The smallest absolute Gasteiger partial charge is 0.337 e. The van der Waals surface area contributed by atoms with E-state index in [9.17, 15) is 4.79 Å². The average Bonchev–Trinajstić information content (AvgIpc) is 2.37. The van der Waals surface area contributed by atoms with Crippen LogP contribution in [0.4, 0.5) is 5.69 Å². The highest BCUT2D eigenvalue weighted by Gasteiger charge is 2.08. The third-order valence-electron chi connectivity index (χ3n) is 2.50. The lowest BCUT2D eigenvalue weighted by Crippen LogP contribution is -2.01. The van der Waals surface area contributed by atoms with Crippen LogP contribution in [0.15, 0.2) is 53.4 Å². The zero-order chi connectivity index (χ0) is 13.0. The lowest BCUT2D eigenvalue weighted by Gasteiger charge is -2.05. The van der Waals surface area contributed by atoms with Crippen LogP contribution in [-0.4, -0.2) is 11.1 Å². The van der Waals surface area contributed by atoms with Gasteiger partial charge >= 0.3 is 5.97 Å². The second-order valence-corrected chi connectivity index (χ2v) is 4.88. The Bertz CT molecular complexity index is 555. The number of thioether (sulfide) groups is 1. The number of carboxylic acid groups (broad SMARTS) is 1. The average molecular weight is 259 g/mol. The van der Waals surface area contributed by atoms with Gasteiger partial charge < -0.3 is 10.8 Å². The van der Waals surface area contributed by atoms with Crippen LogP contribution in [0.3, 0.4) is 0 Å². The van der Waals surface area contributed by atoms with E-state index in [1.54, 1.807) is 30.0 Å². The summed E-state index contributed by atoms with van der Waals surface area (Å²) in [6.07, 6.45) is 0. The van der Waals surface area contributed by atoms with Crippen LogP contribution in [-0.2, 0) is 5.75 Å². The van der Waals surface area contributed by atoms with Gasteiger partial charge in [0.25, 0.3) is 0 Å². The molecule has 0 atom stereocenters. The first kappa shape index (κ1) is 12.5. The summed E-state index contributed by atoms with van der Waals surface area (Å²) in [5.74, 6) is -0.153. The zero-order valence-electron chi connectivity index (χ0n) is 9.67. The predicted molar refractivity (Wildman–Crippen MR) is 73.8 cm³/mol. The van der Waals surface area contributed by atoms with E-state index < -0.39 is 5.97 Å². The quantitative estimate of drug-likeness (QED) is 0.653. The van der Waals surface area contributed by atoms with Gasteiger partial charge in [0.05, 0.1) is 5.56 Å². The highest BCUT2D eigenvalue weighted by molar-refractivity contribution is 7.98. The summed E-state index contributed by atoms with van der Waals surface area (Å²) in [6.45, 7) is 0. The highest BCUT2D eigenvalue weighted by Crippen LogP contribution is 2.26. The fraction of sp³-hybridized carbons (Fsp3) is 0.0714. The van der Waals surface area contributed by atoms with E-state index >= 15 is 0 Å². The minimum Gasteiger partial charge on any atom is -0.478 e. The largest absolute Gasteiger partial charge is 0.478 e. The van der Waals surface area contributed by atoms with Gasteiger partial charge in [-0.05, 0) is 23.8 Å². The second-order valence-electron chi connectivity index (χ2n) is 3.83. The van der Waals surface area contributed by atoms with Crippen LogP contribution in [0, 0.1) is 0 Å². The molecule has 0 heterocycles. The molecule has 0 saturated carbocycles. The number of carboxylic acids is 1. The third-order valence-corrected chi connectivity index (χ3v) is 3.57. The number of hydrogen-bond acceptors (Lipinski definition) is 3. The Morgan fingerprint density at radius 1 is 1.17 bits per heavy atom. The van der Waals surface area contributed by atoms with E-state index in [4.69, 9.17) is 10.8 Å². The molecule has 2 aromatic carbocycles. The van der Waals surface area contributed by atoms with Gasteiger partial charge in [-0.2, -0.15) is 0 Å². The van der Waals surface area contributed by atoms with E-state index in [2.05, 4.69) is 12.1 Å². The Balaban J connectivity index is 2.07. The molecule has 2 rings (SSSR count). The van der Waals surface area contributed by atoms with Crippen molar-refractivity contribution < 1.29 is 9.90 Å². The Hall–Kier alpha value is -1.94. The maximum atomic E-state index is 10.8. The minimum atomic E-state index is -0.993. The van der Waals surface area contributed by atoms with Gasteiger partial charge in [-0.1, -0.05) is 30.3 Å².